The fraction of sp³-hybridized carbons (Fsp3) is 0.0526. The molecule has 284 valence electrons. The van der Waals surface area contributed by atoms with Gasteiger partial charge < -0.3 is 13.7 Å². The number of benzene rings is 9. The molecule has 1 aliphatic rings. The van der Waals surface area contributed by atoms with Gasteiger partial charge in [0.15, 0.2) is 0 Å². The molecule has 2 heterocycles. The van der Waals surface area contributed by atoms with Crippen molar-refractivity contribution in [2.45, 2.75) is 19.3 Å². The molecule has 11 aromatic rings. The van der Waals surface area contributed by atoms with Crippen LogP contribution in [0.1, 0.15) is 25.0 Å². The van der Waals surface area contributed by atoms with Crippen LogP contribution in [-0.2, 0) is 5.41 Å². The molecule has 3 heteroatoms. The molecule has 9 aromatic carbocycles. The predicted octanol–water partition coefficient (Wildman–Crippen LogP) is 16.3. The second kappa shape index (κ2) is 13.2. The highest BCUT2D eigenvalue weighted by Crippen LogP contribution is 2.56. The molecular formula is C57H39NO2. The Morgan fingerprint density at radius 2 is 0.950 bits per heavy atom. The standard InChI is InChI=1S/C57H39NO2/c1-57(2)48-29-11-8-23-41(48)43-26-16-30-50(54(43)57)58(38-20-14-19-37(35-38)36-17-4-3-5-18-36)49-34-33-46(56-53(49)47-25-10-13-32-52(47)60-56)40-22-7-6-21-39(40)44-27-15-28-45-42-24-9-12-31-51(42)59-55(44)45/h3-35H,1-2H3. The van der Waals surface area contributed by atoms with Gasteiger partial charge in [0.05, 0.1) is 16.8 Å². The Hall–Kier alpha value is -7.62. The second-order valence-electron chi connectivity index (χ2n) is 16.4. The first-order valence-electron chi connectivity index (χ1n) is 20.7. The Morgan fingerprint density at radius 1 is 0.383 bits per heavy atom. The number of anilines is 3. The van der Waals surface area contributed by atoms with Crippen LogP contribution in [0.3, 0.4) is 0 Å². The van der Waals surface area contributed by atoms with Crippen LogP contribution in [0.25, 0.3) is 88.4 Å². The number of fused-ring (bicyclic) bond motifs is 9. The Balaban J connectivity index is 1.14. The number of nitrogens with zero attached hydrogens (tertiary/aromatic N) is 1. The molecule has 3 nitrogen and oxygen atoms in total. The lowest BCUT2D eigenvalue weighted by atomic mass is 9.81. The molecule has 1 aliphatic carbocycles. The Labute approximate surface area is 348 Å². The highest BCUT2D eigenvalue weighted by atomic mass is 16.3. The summed E-state index contributed by atoms with van der Waals surface area (Å²) in [4.78, 5) is 2.48. The number of rotatable bonds is 6. The third kappa shape index (κ3) is 5.09. The van der Waals surface area contributed by atoms with Gasteiger partial charge in [0.1, 0.15) is 22.3 Å². The van der Waals surface area contributed by atoms with Gasteiger partial charge in [0, 0.05) is 38.4 Å². The molecule has 0 aliphatic heterocycles. The molecule has 0 spiro atoms. The monoisotopic (exact) mass is 769 g/mol. The molecule has 0 atom stereocenters. The van der Waals surface area contributed by atoms with E-state index in [0.717, 1.165) is 88.8 Å². The largest absolute Gasteiger partial charge is 0.455 e. The van der Waals surface area contributed by atoms with Crippen molar-refractivity contribution in [1.82, 2.24) is 0 Å². The third-order valence-electron chi connectivity index (χ3n) is 12.7. The zero-order chi connectivity index (χ0) is 40.0. The van der Waals surface area contributed by atoms with Crippen LogP contribution >= 0.6 is 0 Å². The van der Waals surface area contributed by atoms with Crippen molar-refractivity contribution < 1.29 is 8.83 Å². The van der Waals surface area contributed by atoms with E-state index in [9.17, 15) is 0 Å². The fourth-order valence-electron chi connectivity index (χ4n) is 9.99. The fourth-order valence-corrected chi connectivity index (χ4v) is 9.99. The van der Waals surface area contributed by atoms with E-state index in [2.05, 4.69) is 207 Å². The van der Waals surface area contributed by atoms with E-state index in [1.807, 2.05) is 12.1 Å². The number of para-hydroxylation sites is 3. The summed E-state index contributed by atoms with van der Waals surface area (Å²) in [5.74, 6) is 0. The lowest BCUT2D eigenvalue weighted by molar-refractivity contribution is 0.661. The first-order valence-corrected chi connectivity index (χ1v) is 20.7. The van der Waals surface area contributed by atoms with E-state index in [-0.39, 0.29) is 5.41 Å². The highest BCUT2D eigenvalue weighted by molar-refractivity contribution is 6.19. The zero-order valence-corrected chi connectivity index (χ0v) is 33.3. The van der Waals surface area contributed by atoms with Gasteiger partial charge in [-0.25, -0.2) is 0 Å². The average Bonchev–Trinajstić information content (AvgIpc) is 3.96. The van der Waals surface area contributed by atoms with Crippen LogP contribution in [0, 0.1) is 0 Å². The van der Waals surface area contributed by atoms with Gasteiger partial charge in [0.25, 0.3) is 0 Å². The molecule has 2 aromatic heterocycles. The molecule has 0 N–H and O–H groups in total. The highest BCUT2D eigenvalue weighted by Gasteiger charge is 2.39. The Morgan fingerprint density at radius 3 is 1.77 bits per heavy atom. The van der Waals surface area contributed by atoms with E-state index in [1.165, 1.54) is 27.8 Å². The maximum Gasteiger partial charge on any atom is 0.145 e. The summed E-state index contributed by atoms with van der Waals surface area (Å²) in [6.45, 7) is 4.73. The summed E-state index contributed by atoms with van der Waals surface area (Å²) < 4.78 is 13.7. The van der Waals surface area contributed by atoms with Crippen LogP contribution in [-0.4, -0.2) is 0 Å². The van der Waals surface area contributed by atoms with Crippen molar-refractivity contribution in [3.8, 4) is 44.5 Å². The van der Waals surface area contributed by atoms with Crippen LogP contribution < -0.4 is 4.90 Å². The smallest absolute Gasteiger partial charge is 0.145 e. The van der Waals surface area contributed by atoms with E-state index < -0.39 is 0 Å². The van der Waals surface area contributed by atoms with Gasteiger partial charge >= 0.3 is 0 Å². The lowest BCUT2D eigenvalue weighted by Crippen LogP contribution is -2.20. The maximum absolute atomic E-state index is 7.05. The summed E-state index contributed by atoms with van der Waals surface area (Å²) in [6.07, 6.45) is 0. The molecule has 0 saturated carbocycles. The van der Waals surface area contributed by atoms with Gasteiger partial charge in [0.2, 0.25) is 0 Å². The molecule has 0 amide bonds. The second-order valence-corrected chi connectivity index (χ2v) is 16.4. The van der Waals surface area contributed by atoms with Crippen LogP contribution in [0.5, 0.6) is 0 Å². The van der Waals surface area contributed by atoms with E-state index >= 15 is 0 Å². The van der Waals surface area contributed by atoms with Crippen molar-refractivity contribution in [3.05, 3.63) is 211 Å². The summed E-state index contributed by atoms with van der Waals surface area (Å²) in [7, 11) is 0. The van der Waals surface area contributed by atoms with E-state index in [4.69, 9.17) is 8.83 Å². The first kappa shape index (κ1) is 34.4. The van der Waals surface area contributed by atoms with Crippen molar-refractivity contribution in [2.75, 3.05) is 4.90 Å². The topological polar surface area (TPSA) is 29.5 Å². The van der Waals surface area contributed by atoms with Gasteiger partial charge in [-0.05, 0) is 87.0 Å². The predicted molar refractivity (Wildman–Crippen MR) is 250 cm³/mol. The van der Waals surface area contributed by atoms with Gasteiger partial charge in [-0.1, -0.05) is 172 Å². The molecule has 0 unspecified atom stereocenters. The molecule has 0 fully saturated rings. The summed E-state index contributed by atoms with van der Waals surface area (Å²) >= 11 is 0. The first-order chi connectivity index (χ1) is 29.5. The summed E-state index contributed by atoms with van der Waals surface area (Å²) in [5, 5.41) is 4.36. The molecule has 0 bridgehead atoms. The minimum atomic E-state index is -0.244. The Bertz CT molecular complexity index is 3480. The van der Waals surface area contributed by atoms with Crippen LogP contribution in [0.15, 0.2) is 209 Å². The van der Waals surface area contributed by atoms with Crippen molar-refractivity contribution >= 4 is 60.9 Å². The van der Waals surface area contributed by atoms with Gasteiger partial charge in [-0.3, -0.25) is 0 Å². The SMILES string of the molecule is CC1(C)c2ccccc2-c2cccc(N(c3cccc(-c4ccccc4)c3)c3ccc(-c4ccccc4-c4cccc5c4oc4ccccc45)c4oc5ccccc5c34)c21. The lowest BCUT2D eigenvalue weighted by Gasteiger charge is -2.33. The molecular weight excluding hydrogens is 731 g/mol. The normalized spacial score (nSPS) is 13.0. The molecule has 12 rings (SSSR count). The van der Waals surface area contributed by atoms with Crippen LogP contribution in [0.4, 0.5) is 17.1 Å². The van der Waals surface area contributed by atoms with E-state index in [0.29, 0.717) is 0 Å². The number of furan rings is 2. The van der Waals surface area contributed by atoms with Crippen molar-refractivity contribution in [3.63, 3.8) is 0 Å². The number of hydrogen-bond donors (Lipinski definition) is 0. The molecule has 60 heavy (non-hydrogen) atoms. The summed E-state index contributed by atoms with van der Waals surface area (Å²) in [5.41, 5.74) is 18.3. The van der Waals surface area contributed by atoms with E-state index in [1.54, 1.807) is 0 Å². The number of hydrogen-bond acceptors (Lipinski definition) is 3. The summed E-state index contributed by atoms with van der Waals surface area (Å²) in [6, 6.07) is 71.7. The minimum Gasteiger partial charge on any atom is -0.455 e. The zero-order valence-electron chi connectivity index (χ0n) is 33.3. The molecule has 0 saturated heterocycles. The van der Waals surface area contributed by atoms with Gasteiger partial charge in [-0.15, -0.1) is 0 Å². The third-order valence-corrected chi connectivity index (χ3v) is 12.7. The average molecular weight is 770 g/mol. The van der Waals surface area contributed by atoms with Gasteiger partial charge in [-0.2, -0.15) is 0 Å². The minimum absolute atomic E-state index is 0.244. The van der Waals surface area contributed by atoms with Crippen molar-refractivity contribution in [2.24, 2.45) is 0 Å². The van der Waals surface area contributed by atoms with Crippen LogP contribution in [0.2, 0.25) is 0 Å². The molecule has 0 radical (unpaired) electrons. The maximum atomic E-state index is 7.05. The Kier molecular flexibility index (Phi) is 7.58. The quantitative estimate of drug-likeness (QED) is 0.169. The van der Waals surface area contributed by atoms with Crippen molar-refractivity contribution in [1.29, 1.82) is 0 Å².